The second kappa shape index (κ2) is 10.2. The van der Waals surface area contributed by atoms with Gasteiger partial charge in [0.15, 0.2) is 0 Å². The predicted octanol–water partition coefficient (Wildman–Crippen LogP) is -0.264. The van der Waals surface area contributed by atoms with Crippen LogP contribution in [-0.4, -0.2) is 81.2 Å². The number of nitrogens with one attached hydrogen (secondary N) is 3. The number of benzene rings is 1. The Morgan fingerprint density at radius 2 is 1.68 bits per heavy atom. The van der Waals surface area contributed by atoms with E-state index in [0.717, 1.165) is 12.8 Å². The lowest BCUT2D eigenvalue weighted by Crippen LogP contribution is -2.51. The van der Waals surface area contributed by atoms with Gasteiger partial charge < -0.3 is 15.5 Å². The van der Waals surface area contributed by atoms with Crippen molar-refractivity contribution in [2.75, 3.05) is 44.6 Å². The molecule has 11 heteroatoms. The second-order valence-corrected chi connectivity index (χ2v) is 9.62. The Hall–Kier alpha value is -2.50. The molecule has 1 heterocycles. The number of hydrogen-bond donors (Lipinski definition) is 3. The summed E-state index contributed by atoms with van der Waals surface area (Å²) in [5.41, 5.74) is 0.505. The molecule has 3 rings (SSSR count). The molecule has 3 N–H and O–H groups in total. The number of carbonyl (C=O) groups excluding carboxylic acids is 3. The average molecular weight is 452 g/mol. The third kappa shape index (κ3) is 7.30. The minimum atomic E-state index is -3.75. The summed E-state index contributed by atoms with van der Waals surface area (Å²) < 4.78 is 27.2. The van der Waals surface area contributed by atoms with Crippen molar-refractivity contribution in [3.8, 4) is 0 Å². The largest absolute Gasteiger partial charge is 0.352 e. The van der Waals surface area contributed by atoms with Crippen LogP contribution in [0.1, 0.15) is 26.2 Å². The number of anilines is 1. The highest BCUT2D eigenvalue weighted by molar-refractivity contribution is 7.89. The van der Waals surface area contributed by atoms with Crippen LogP contribution < -0.4 is 15.4 Å². The van der Waals surface area contributed by atoms with Crippen LogP contribution >= 0.6 is 0 Å². The standard InChI is InChI=1S/C20H29N5O5S/c1-15(26)22-16-4-6-18(7-5-16)31(29,30)21-9-8-20(28)25-12-10-24(11-13-25)14-19(27)23-17-2-3-17/h4-7,17,21H,2-3,8-14H2,1H3,(H,22,26)(H,23,27). The van der Waals surface area contributed by atoms with Crippen LogP contribution in [0.4, 0.5) is 5.69 Å². The molecule has 170 valence electrons. The zero-order chi connectivity index (χ0) is 22.4. The molecule has 3 amide bonds. The topological polar surface area (TPSA) is 128 Å². The lowest BCUT2D eigenvalue weighted by Gasteiger charge is -2.34. The van der Waals surface area contributed by atoms with Gasteiger partial charge in [-0.1, -0.05) is 0 Å². The molecule has 1 saturated heterocycles. The maximum Gasteiger partial charge on any atom is 0.240 e. The van der Waals surface area contributed by atoms with Crippen molar-refractivity contribution < 1.29 is 22.8 Å². The van der Waals surface area contributed by atoms with Gasteiger partial charge in [0.1, 0.15) is 0 Å². The number of rotatable bonds is 9. The van der Waals surface area contributed by atoms with E-state index in [9.17, 15) is 22.8 Å². The van der Waals surface area contributed by atoms with E-state index in [4.69, 9.17) is 0 Å². The molecule has 0 atom stereocenters. The Labute approximate surface area is 182 Å². The number of sulfonamides is 1. The van der Waals surface area contributed by atoms with Gasteiger partial charge in [0, 0.05) is 57.8 Å². The monoisotopic (exact) mass is 451 g/mol. The normalized spacial score (nSPS) is 17.3. The van der Waals surface area contributed by atoms with Crippen molar-refractivity contribution in [1.82, 2.24) is 19.8 Å². The van der Waals surface area contributed by atoms with Crippen molar-refractivity contribution in [1.29, 1.82) is 0 Å². The summed E-state index contributed by atoms with van der Waals surface area (Å²) >= 11 is 0. The lowest BCUT2D eigenvalue weighted by atomic mass is 10.2. The highest BCUT2D eigenvalue weighted by atomic mass is 32.2. The molecule has 31 heavy (non-hydrogen) atoms. The first kappa shape index (κ1) is 23.2. The first-order valence-corrected chi connectivity index (χ1v) is 11.9. The zero-order valence-electron chi connectivity index (χ0n) is 17.6. The zero-order valence-corrected chi connectivity index (χ0v) is 18.4. The lowest BCUT2D eigenvalue weighted by molar-refractivity contribution is -0.133. The first-order chi connectivity index (χ1) is 14.7. The van der Waals surface area contributed by atoms with Gasteiger partial charge in [-0.2, -0.15) is 0 Å². The third-order valence-corrected chi connectivity index (χ3v) is 6.63. The van der Waals surface area contributed by atoms with Crippen LogP contribution in [-0.2, 0) is 24.4 Å². The summed E-state index contributed by atoms with van der Waals surface area (Å²) in [4.78, 5) is 39.1. The van der Waals surface area contributed by atoms with E-state index in [0.29, 0.717) is 44.5 Å². The maximum atomic E-state index is 12.4. The maximum absolute atomic E-state index is 12.4. The Balaban J connectivity index is 1.38. The highest BCUT2D eigenvalue weighted by Gasteiger charge is 2.26. The molecule has 1 aliphatic heterocycles. The molecule has 0 aromatic heterocycles. The molecular formula is C20H29N5O5S. The van der Waals surface area contributed by atoms with Crippen LogP contribution in [0.3, 0.4) is 0 Å². The highest BCUT2D eigenvalue weighted by Crippen LogP contribution is 2.18. The Bertz CT molecular complexity index is 906. The fourth-order valence-electron chi connectivity index (χ4n) is 3.31. The minimum absolute atomic E-state index is 0.00137. The van der Waals surface area contributed by atoms with E-state index < -0.39 is 10.0 Å². The van der Waals surface area contributed by atoms with E-state index in [-0.39, 0.29) is 35.6 Å². The molecule has 0 bridgehead atoms. The summed E-state index contributed by atoms with van der Waals surface area (Å²) in [7, 11) is -3.75. The van der Waals surface area contributed by atoms with Gasteiger partial charge >= 0.3 is 0 Å². The molecule has 0 spiro atoms. The van der Waals surface area contributed by atoms with Crippen LogP contribution in [0.15, 0.2) is 29.2 Å². The summed E-state index contributed by atoms with van der Waals surface area (Å²) in [6, 6.07) is 6.15. The average Bonchev–Trinajstić information content (AvgIpc) is 3.52. The molecule has 2 fully saturated rings. The second-order valence-electron chi connectivity index (χ2n) is 7.85. The van der Waals surface area contributed by atoms with Crippen LogP contribution in [0, 0.1) is 0 Å². The van der Waals surface area contributed by atoms with Crippen molar-refractivity contribution >= 4 is 33.4 Å². The number of hydrogen-bond acceptors (Lipinski definition) is 6. The summed E-state index contributed by atoms with van der Waals surface area (Å²) in [5, 5.41) is 5.53. The molecule has 1 aromatic rings. The third-order valence-electron chi connectivity index (χ3n) is 5.15. The van der Waals surface area contributed by atoms with Gasteiger partial charge in [-0.05, 0) is 37.1 Å². The molecule has 1 saturated carbocycles. The number of carbonyl (C=O) groups is 3. The number of nitrogens with zero attached hydrogens (tertiary/aromatic N) is 2. The van der Waals surface area contributed by atoms with Crippen molar-refractivity contribution in [3.63, 3.8) is 0 Å². The van der Waals surface area contributed by atoms with Crippen LogP contribution in [0.5, 0.6) is 0 Å². The number of piperazine rings is 1. The van der Waals surface area contributed by atoms with E-state index in [1.54, 1.807) is 4.90 Å². The van der Waals surface area contributed by atoms with Gasteiger partial charge in [0.2, 0.25) is 27.7 Å². The SMILES string of the molecule is CC(=O)Nc1ccc(S(=O)(=O)NCCC(=O)N2CCN(CC(=O)NC3CC3)CC2)cc1. The molecular weight excluding hydrogens is 422 g/mol. The van der Waals surface area contributed by atoms with E-state index in [1.165, 1.54) is 31.2 Å². The van der Waals surface area contributed by atoms with Gasteiger partial charge in [-0.15, -0.1) is 0 Å². The van der Waals surface area contributed by atoms with Crippen LogP contribution in [0.25, 0.3) is 0 Å². The molecule has 1 aliphatic carbocycles. The molecule has 1 aromatic carbocycles. The predicted molar refractivity (Wildman–Crippen MR) is 115 cm³/mol. The number of amides is 3. The van der Waals surface area contributed by atoms with Gasteiger partial charge in [0.05, 0.1) is 11.4 Å². The molecule has 2 aliphatic rings. The van der Waals surface area contributed by atoms with Crippen molar-refractivity contribution in [2.45, 2.75) is 37.1 Å². The molecule has 0 unspecified atom stereocenters. The smallest absolute Gasteiger partial charge is 0.240 e. The Morgan fingerprint density at radius 3 is 2.26 bits per heavy atom. The molecule has 10 nitrogen and oxygen atoms in total. The fraction of sp³-hybridized carbons (Fsp3) is 0.550. The summed E-state index contributed by atoms with van der Waals surface area (Å²) in [6.45, 7) is 4.00. The Morgan fingerprint density at radius 1 is 1.03 bits per heavy atom. The van der Waals surface area contributed by atoms with Gasteiger partial charge in [-0.3, -0.25) is 19.3 Å². The van der Waals surface area contributed by atoms with Gasteiger partial charge in [-0.25, -0.2) is 13.1 Å². The summed E-state index contributed by atoms with van der Waals surface area (Å²) in [6.07, 6.45) is 2.17. The fourth-order valence-corrected chi connectivity index (χ4v) is 4.35. The summed E-state index contributed by atoms with van der Waals surface area (Å²) in [5.74, 6) is -0.331. The van der Waals surface area contributed by atoms with Gasteiger partial charge in [0.25, 0.3) is 0 Å². The minimum Gasteiger partial charge on any atom is -0.352 e. The van der Waals surface area contributed by atoms with E-state index in [1.807, 2.05) is 4.90 Å². The molecule has 0 radical (unpaired) electrons. The van der Waals surface area contributed by atoms with Crippen LogP contribution in [0.2, 0.25) is 0 Å². The quantitative estimate of drug-likeness (QED) is 0.475. The van der Waals surface area contributed by atoms with E-state index in [2.05, 4.69) is 15.4 Å². The first-order valence-electron chi connectivity index (χ1n) is 10.4. The van der Waals surface area contributed by atoms with Crippen molar-refractivity contribution in [2.24, 2.45) is 0 Å². The Kier molecular flexibility index (Phi) is 7.63. The van der Waals surface area contributed by atoms with Crippen molar-refractivity contribution in [3.05, 3.63) is 24.3 Å². The van der Waals surface area contributed by atoms with E-state index >= 15 is 0 Å².